The van der Waals surface area contributed by atoms with Crippen molar-refractivity contribution in [2.45, 2.75) is 45.1 Å². The maximum absolute atomic E-state index is 12.5. The number of methoxy groups -OCH3 is 1. The average molecular weight is 313 g/mol. The molecule has 21 heavy (non-hydrogen) atoms. The molecule has 1 rings (SSSR count). The van der Waals surface area contributed by atoms with Crippen molar-refractivity contribution < 1.29 is 17.9 Å². The molecule has 2 atom stereocenters. The summed E-state index contributed by atoms with van der Waals surface area (Å²) < 4.78 is 32.2. The van der Waals surface area contributed by atoms with Gasteiger partial charge in [0.05, 0.1) is 12.0 Å². The first-order valence-corrected chi connectivity index (χ1v) is 8.38. The van der Waals surface area contributed by atoms with Crippen molar-refractivity contribution >= 4 is 16.0 Å². The second-order valence-electron chi connectivity index (χ2n) is 5.28. The summed E-state index contributed by atoms with van der Waals surface area (Å²) in [5.74, 6) is -0.726. The third-order valence-electron chi connectivity index (χ3n) is 3.57. The lowest BCUT2D eigenvalue weighted by Crippen LogP contribution is -2.45. The monoisotopic (exact) mass is 313 g/mol. The van der Waals surface area contributed by atoms with Gasteiger partial charge in [0.2, 0.25) is 10.0 Å². The molecule has 0 spiro atoms. The first-order valence-electron chi connectivity index (χ1n) is 6.90. The van der Waals surface area contributed by atoms with Crippen LogP contribution in [0.15, 0.2) is 23.1 Å². The van der Waals surface area contributed by atoms with Crippen molar-refractivity contribution in [3.8, 4) is 0 Å². The molecule has 0 fully saturated rings. The van der Waals surface area contributed by atoms with Gasteiger partial charge in [-0.25, -0.2) is 8.42 Å². The highest BCUT2D eigenvalue weighted by Crippen LogP contribution is 2.19. The van der Waals surface area contributed by atoms with Gasteiger partial charge < -0.3 is 4.74 Å². The number of esters is 1. The van der Waals surface area contributed by atoms with E-state index >= 15 is 0 Å². The number of sulfonamides is 1. The smallest absolute Gasteiger partial charge is 0.324 e. The van der Waals surface area contributed by atoms with Crippen LogP contribution in [0.5, 0.6) is 0 Å². The van der Waals surface area contributed by atoms with Gasteiger partial charge in [-0.2, -0.15) is 4.72 Å². The number of rotatable bonds is 6. The summed E-state index contributed by atoms with van der Waals surface area (Å²) in [6, 6.07) is 4.20. The van der Waals surface area contributed by atoms with Gasteiger partial charge in [0, 0.05) is 0 Å². The van der Waals surface area contributed by atoms with Gasteiger partial charge in [0.15, 0.2) is 0 Å². The van der Waals surface area contributed by atoms with Gasteiger partial charge in [0.25, 0.3) is 0 Å². The van der Waals surface area contributed by atoms with E-state index in [0.29, 0.717) is 12.0 Å². The first kappa shape index (κ1) is 17.7. The van der Waals surface area contributed by atoms with Crippen molar-refractivity contribution in [1.29, 1.82) is 0 Å². The Morgan fingerprint density at radius 3 is 2.43 bits per heavy atom. The van der Waals surface area contributed by atoms with Crippen LogP contribution in [0, 0.1) is 19.8 Å². The van der Waals surface area contributed by atoms with Gasteiger partial charge >= 0.3 is 5.97 Å². The number of hydrogen-bond acceptors (Lipinski definition) is 4. The zero-order valence-electron chi connectivity index (χ0n) is 13.1. The van der Waals surface area contributed by atoms with Crippen LogP contribution in [0.3, 0.4) is 0 Å². The summed E-state index contributed by atoms with van der Waals surface area (Å²) in [4.78, 5) is 12.0. The maximum atomic E-state index is 12.5. The van der Waals surface area contributed by atoms with Crippen molar-refractivity contribution in [2.75, 3.05) is 7.11 Å². The lowest BCUT2D eigenvalue weighted by Gasteiger charge is -2.22. The van der Waals surface area contributed by atoms with Crippen LogP contribution in [0.25, 0.3) is 0 Å². The highest BCUT2D eigenvalue weighted by molar-refractivity contribution is 7.89. The van der Waals surface area contributed by atoms with Crippen molar-refractivity contribution in [3.63, 3.8) is 0 Å². The molecular formula is C15H23NO4S. The Balaban J connectivity index is 3.14. The molecule has 1 aromatic carbocycles. The number of hydrogen-bond donors (Lipinski definition) is 1. The summed E-state index contributed by atoms with van der Waals surface area (Å²) in [7, 11) is -2.51. The molecule has 0 aliphatic rings. The summed E-state index contributed by atoms with van der Waals surface area (Å²) in [6.45, 7) is 7.34. The minimum Gasteiger partial charge on any atom is -0.468 e. The van der Waals surface area contributed by atoms with Crippen LogP contribution in [0.1, 0.15) is 31.4 Å². The molecule has 0 aliphatic carbocycles. The number of carbonyl (C=O) groups excluding carboxylic acids is 1. The Morgan fingerprint density at radius 2 is 1.95 bits per heavy atom. The Labute approximate surface area is 126 Å². The predicted octanol–water partition coefficient (Wildman–Crippen LogP) is 2.17. The molecule has 0 heterocycles. The highest BCUT2D eigenvalue weighted by Gasteiger charge is 2.30. The SMILES string of the molecule is CC[C@H](C)[C@H](NS(=O)(=O)c1ccc(C)cc1C)C(=O)OC. The van der Waals surface area contributed by atoms with Gasteiger partial charge in [-0.15, -0.1) is 0 Å². The fourth-order valence-electron chi connectivity index (χ4n) is 2.09. The van der Waals surface area contributed by atoms with E-state index in [1.165, 1.54) is 7.11 Å². The maximum Gasteiger partial charge on any atom is 0.324 e. The average Bonchev–Trinajstić information content (AvgIpc) is 2.42. The standard InChI is InChI=1S/C15H23NO4S/c1-6-11(3)14(15(17)20-5)16-21(18,19)13-8-7-10(2)9-12(13)4/h7-9,11,14,16H,6H2,1-5H3/t11-,14-/m0/s1. The van der Waals surface area contributed by atoms with E-state index < -0.39 is 22.0 Å². The molecule has 1 aromatic rings. The summed E-state index contributed by atoms with van der Waals surface area (Å²) in [5, 5.41) is 0. The molecule has 6 heteroatoms. The van der Waals surface area contributed by atoms with Crippen LogP contribution in [0.2, 0.25) is 0 Å². The highest BCUT2D eigenvalue weighted by atomic mass is 32.2. The largest absolute Gasteiger partial charge is 0.468 e. The third kappa shape index (κ3) is 4.28. The summed E-state index contributed by atoms with van der Waals surface area (Å²) in [6.07, 6.45) is 0.662. The van der Waals surface area contributed by atoms with Crippen LogP contribution in [-0.2, 0) is 19.6 Å². The molecular weight excluding hydrogens is 290 g/mol. The molecule has 1 N–H and O–H groups in total. The second kappa shape index (κ2) is 7.04. The number of benzene rings is 1. The number of carbonyl (C=O) groups is 1. The zero-order chi connectivity index (χ0) is 16.2. The molecule has 0 amide bonds. The van der Waals surface area contributed by atoms with E-state index in [1.54, 1.807) is 25.1 Å². The first-order chi connectivity index (χ1) is 9.72. The molecule has 0 radical (unpaired) electrons. The summed E-state index contributed by atoms with van der Waals surface area (Å²) in [5.41, 5.74) is 1.63. The summed E-state index contributed by atoms with van der Waals surface area (Å²) >= 11 is 0. The van der Waals surface area contributed by atoms with E-state index in [0.717, 1.165) is 5.56 Å². The van der Waals surface area contributed by atoms with Crippen LogP contribution in [-0.4, -0.2) is 27.5 Å². The van der Waals surface area contributed by atoms with E-state index in [2.05, 4.69) is 4.72 Å². The normalized spacial score (nSPS) is 14.5. The lowest BCUT2D eigenvalue weighted by atomic mass is 10.0. The number of aryl methyl sites for hydroxylation is 2. The molecule has 0 aromatic heterocycles. The van der Waals surface area contributed by atoms with Crippen molar-refractivity contribution in [2.24, 2.45) is 5.92 Å². The van der Waals surface area contributed by atoms with Crippen LogP contribution < -0.4 is 4.72 Å². The molecule has 0 saturated carbocycles. The van der Waals surface area contributed by atoms with Crippen LogP contribution >= 0.6 is 0 Å². The van der Waals surface area contributed by atoms with Crippen molar-refractivity contribution in [1.82, 2.24) is 4.72 Å². The Hall–Kier alpha value is -1.40. The molecule has 0 unspecified atom stereocenters. The molecule has 118 valence electrons. The van der Waals surface area contributed by atoms with Crippen molar-refractivity contribution in [3.05, 3.63) is 29.3 Å². The van der Waals surface area contributed by atoms with Crippen LogP contribution in [0.4, 0.5) is 0 Å². The number of nitrogens with one attached hydrogen (secondary N) is 1. The predicted molar refractivity (Wildman–Crippen MR) is 81.5 cm³/mol. The Kier molecular flexibility index (Phi) is 5.92. The van der Waals surface area contributed by atoms with E-state index in [4.69, 9.17) is 4.74 Å². The van der Waals surface area contributed by atoms with Gasteiger partial charge in [-0.1, -0.05) is 38.0 Å². The minimum atomic E-state index is -3.77. The fraction of sp³-hybridized carbons (Fsp3) is 0.533. The minimum absolute atomic E-state index is 0.155. The molecule has 5 nitrogen and oxygen atoms in total. The van der Waals surface area contributed by atoms with E-state index in [1.807, 2.05) is 20.8 Å². The molecule has 0 saturated heterocycles. The van der Waals surface area contributed by atoms with E-state index in [-0.39, 0.29) is 10.8 Å². The second-order valence-corrected chi connectivity index (χ2v) is 6.96. The third-order valence-corrected chi connectivity index (χ3v) is 5.17. The Morgan fingerprint density at radius 1 is 1.33 bits per heavy atom. The quantitative estimate of drug-likeness (QED) is 0.817. The van der Waals surface area contributed by atoms with Gasteiger partial charge in [-0.05, 0) is 31.4 Å². The zero-order valence-corrected chi connectivity index (χ0v) is 14.0. The fourth-order valence-corrected chi connectivity index (χ4v) is 3.61. The van der Waals surface area contributed by atoms with E-state index in [9.17, 15) is 13.2 Å². The molecule has 0 bridgehead atoms. The van der Waals surface area contributed by atoms with Gasteiger partial charge in [0.1, 0.15) is 6.04 Å². The topological polar surface area (TPSA) is 72.5 Å². The van der Waals surface area contributed by atoms with Gasteiger partial charge in [-0.3, -0.25) is 4.79 Å². The Bertz CT molecular complexity index is 610. The lowest BCUT2D eigenvalue weighted by molar-refractivity contribution is -0.143. The molecule has 0 aliphatic heterocycles. The number of ether oxygens (including phenoxy) is 1.